The molecule has 4 heterocycles. The average Bonchev–Trinajstić information content (AvgIpc) is 3.34. The number of hydrogen-bond acceptors (Lipinski definition) is 5. The van der Waals surface area contributed by atoms with Crippen molar-refractivity contribution in [3.63, 3.8) is 0 Å². The molecule has 9 rings (SSSR count). The van der Waals surface area contributed by atoms with E-state index >= 15 is 0 Å². The van der Waals surface area contributed by atoms with Gasteiger partial charge in [-0.05, 0) is 137 Å². The van der Waals surface area contributed by atoms with E-state index in [1.54, 1.807) is 0 Å². The van der Waals surface area contributed by atoms with E-state index in [0.29, 0.717) is 13.2 Å². The van der Waals surface area contributed by atoms with Gasteiger partial charge in [-0.1, -0.05) is 92.6 Å². The number of rotatable bonds is 2. The number of fused-ring (bicyclic) bond motifs is 7. The summed E-state index contributed by atoms with van der Waals surface area (Å²) in [4.78, 5) is 5.08. The van der Waals surface area contributed by atoms with Gasteiger partial charge in [0.2, 0.25) is 0 Å². The van der Waals surface area contributed by atoms with Crippen molar-refractivity contribution in [1.82, 2.24) is 0 Å². The van der Waals surface area contributed by atoms with Gasteiger partial charge in [-0.15, -0.1) is 0 Å². The number of ether oxygens (including phenoxy) is 2. The second kappa shape index (κ2) is 13.0. The van der Waals surface area contributed by atoms with Crippen molar-refractivity contribution in [3.05, 3.63) is 111 Å². The zero-order chi connectivity index (χ0) is 41.4. The third kappa shape index (κ3) is 5.96. The molecule has 0 spiro atoms. The Balaban J connectivity index is 1.43. The van der Waals surface area contributed by atoms with Crippen molar-refractivity contribution in [2.24, 2.45) is 0 Å². The summed E-state index contributed by atoms with van der Waals surface area (Å²) in [6.07, 6.45) is 0.841. The predicted molar refractivity (Wildman–Crippen MR) is 246 cm³/mol. The summed E-state index contributed by atoms with van der Waals surface area (Å²) in [5.41, 5.74) is 21.4. The molecule has 0 fully saturated rings. The molecule has 0 saturated heterocycles. The van der Waals surface area contributed by atoms with Crippen molar-refractivity contribution in [2.45, 2.75) is 120 Å². The van der Waals surface area contributed by atoms with Gasteiger partial charge >= 0.3 is 0 Å². The first-order valence-corrected chi connectivity index (χ1v) is 21.2. The number of benzene rings is 5. The SMILES string of the molecule is Cc1cc2c3c(c1)N(c1c(C)cc(C(C)(C)C)cc1C)c1c(oc4ccc(C(C)(C)C)cc14)B3c1cc3c(cc1N2c1c(C)cc(C(C)(C)C)cc1C)OCCCO3. The van der Waals surface area contributed by atoms with E-state index in [0.717, 1.165) is 51.4 Å². The smallest absolute Gasteiger partial charge is 0.297 e. The van der Waals surface area contributed by atoms with Gasteiger partial charge in [-0.3, -0.25) is 0 Å². The van der Waals surface area contributed by atoms with Crippen LogP contribution < -0.4 is 35.9 Å². The molecule has 298 valence electrons. The number of anilines is 6. The molecule has 0 unspecified atom stereocenters. The predicted octanol–water partition coefficient (Wildman–Crippen LogP) is 12.1. The molecular formula is C52H59BN2O3. The fraction of sp³-hybridized carbons (Fsp3) is 0.385. The van der Waals surface area contributed by atoms with Crippen LogP contribution in [0.3, 0.4) is 0 Å². The Morgan fingerprint density at radius 3 is 1.55 bits per heavy atom. The lowest BCUT2D eigenvalue weighted by Gasteiger charge is -2.44. The van der Waals surface area contributed by atoms with Crippen LogP contribution >= 0.6 is 0 Å². The van der Waals surface area contributed by atoms with Crippen LogP contribution in [-0.4, -0.2) is 19.9 Å². The highest BCUT2D eigenvalue weighted by Gasteiger charge is 2.48. The van der Waals surface area contributed by atoms with E-state index in [1.165, 1.54) is 72.7 Å². The van der Waals surface area contributed by atoms with Crippen LogP contribution in [0.2, 0.25) is 0 Å². The van der Waals surface area contributed by atoms with Crippen LogP contribution in [0.15, 0.2) is 71.1 Å². The summed E-state index contributed by atoms with van der Waals surface area (Å²) in [5.74, 6) is 1.59. The summed E-state index contributed by atoms with van der Waals surface area (Å²) < 4.78 is 20.2. The molecule has 5 aromatic carbocycles. The van der Waals surface area contributed by atoms with Gasteiger partial charge < -0.3 is 23.7 Å². The van der Waals surface area contributed by atoms with E-state index in [4.69, 9.17) is 13.9 Å². The zero-order valence-electron chi connectivity index (χ0n) is 37.2. The maximum absolute atomic E-state index is 7.28. The number of furan rings is 1. The third-order valence-corrected chi connectivity index (χ3v) is 12.7. The Morgan fingerprint density at radius 2 is 1.02 bits per heavy atom. The van der Waals surface area contributed by atoms with Gasteiger partial charge in [0.1, 0.15) is 5.58 Å². The van der Waals surface area contributed by atoms with Crippen LogP contribution in [0.5, 0.6) is 11.5 Å². The molecule has 6 aromatic rings. The molecular weight excluding hydrogens is 711 g/mol. The van der Waals surface area contributed by atoms with Crippen molar-refractivity contribution >= 4 is 68.4 Å². The topological polar surface area (TPSA) is 38.1 Å². The summed E-state index contributed by atoms with van der Waals surface area (Å²) in [6.45, 7) is 33.1. The van der Waals surface area contributed by atoms with Crippen LogP contribution in [-0.2, 0) is 16.2 Å². The Kier molecular flexibility index (Phi) is 8.58. The fourth-order valence-corrected chi connectivity index (χ4v) is 9.69. The molecule has 0 atom stereocenters. The molecule has 0 amide bonds. The Morgan fingerprint density at radius 1 is 0.517 bits per heavy atom. The first-order chi connectivity index (χ1) is 27.2. The minimum atomic E-state index is -0.185. The maximum atomic E-state index is 7.28. The summed E-state index contributed by atoms with van der Waals surface area (Å²) in [5, 5.41) is 1.14. The molecule has 0 radical (unpaired) electrons. The van der Waals surface area contributed by atoms with Crippen molar-refractivity contribution in [1.29, 1.82) is 0 Å². The Bertz CT molecular complexity index is 2640. The number of aryl methyl sites for hydroxylation is 5. The van der Waals surface area contributed by atoms with Gasteiger partial charge in [-0.25, -0.2) is 0 Å². The molecule has 6 heteroatoms. The summed E-state index contributed by atoms with van der Waals surface area (Å²) >= 11 is 0. The van der Waals surface area contributed by atoms with E-state index in [9.17, 15) is 0 Å². The quantitative estimate of drug-likeness (QED) is 0.164. The monoisotopic (exact) mass is 770 g/mol. The standard InChI is InChI=1S/C52H59BN2O3/c1-29-20-40-45-41(21-29)55(47-32(4)24-36(25-33(47)5)52(12,13)14)48-37-26-34(50(6,7)8)16-17-42(37)58-49(48)53(45)38-27-43-44(57-19-15-18-56-43)28-39(38)54(40)46-30(2)22-35(23-31(46)3)51(9,10)11/h16-17,20-28H,15,18-19H2,1-14H3. The first-order valence-electron chi connectivity index (χ1n) is 21.2. The largest absolute Gasteiger partial charge is 0.490 e. The molecule has 5 nitrogen and oxygen atoms in total. The summed E-state index contributed by atoms with van der Waals surface area (Å²) in [7, 11) is 0. The highest BCUT2D eigenvalue weighted by atomic mass is 16.5. The van der Waals surface area contributed by atoms with Crippen LogP contribution in [0.4, 0.5) is 34.1 Å². The third-order valence-electron chi connectivity index (χ3n) is 12.7. The average molecular weight is 771 g/mol. The van der Waals surface area contributed by atoms with Gasteiger partial charge in [0, 0.05) is 34.9 Å². The van der Waals surface area contributed by atoms with E-state index < -0.39 is 0 Å². The number of hydrogen-bond donors (Lipinski definition) is 0. The van der Waals surface area contributed by atoms with Gasteiger partial charge in [0.05, 0.1) is 35.9 Å². The van der Waals surface area contributed by atoms with E-state index in [-0.39, 0.29) is 23.0 Å². The normalized spacial score (nSPS) is 15.0. The first kappa shape index (κ1) is 38.4. The second-order valence-electron chi connectivity index (χ2n) is 20.4. The van der Waals surface area contributed by atoms with Crippen molar-refractivity contribution in [3.8, 4) is 11.5 Å². The van der Waals surface area contributed by atoms with E-state index in [1.807, 2.05) is 0 Å². The minimum absolute atomic E-state index is 0.0188. The lowest BCUT2D eigenvalue weighted by Crippen LogP contribution is -2.61. The van der Waals surface area contributed by atoms with E-state index in [2.05, 4.69) is 173 Å². The minimum Gasteiger partial charge on any atom is -0.490 e. The molecule has 58 heavy (non-hydrogen) atoms. The lowest BCUT2D eigenvalue weighted by molar-refractivity contribution is 0.297. The molecule has 0 N–H and O–H groups in total. The van der Waals surface area contributed by atoms with Crippen molar-refractivity contribution in [2.75, 3.05) is 23.0 Å². The second-order valence-corrected chi connectivity index (χ2v) is 20.4. The molecule has 3 aliphatic heterocycles. The van der Waals surface area contributed by atoms with Gasteiger partial charge in [0.15, 0.2) is 11.5 Å². The van der Waals surface area contributed by atoms with Gasteiger partial charge in [-0.2, -0.15) is 0 Å². The molecule has 0 bridgehead atoms. The molecule has 1 aromatic heterocycles. The lowest BCUT2D eigenvalue weighted by atomic mass is 9.35. The summed E-state index contributed by atoms with van der Waals surface area (Å²) in [6, 6.07) is 25.7. The highest BCUT2D eigenvalue weighted by Crippen LogP contribution is 2.51. The van der Waals surface area contributed by atoms with Crippen LogP contribution in [0, 0.1) is 34.6 Å². The Labute approximate surface area is 346 Å². The fourth-order valence-electron chi connectivity index (χ4n) is 9.69. The zero-order valence-corrected chi connectivity index (χ0v) is 37.2. The number of nitrogens with zero attached hydrogens (tertiary/aromatic N) is 2. The molecule has 0 aliphatic carbocycles. The highest BCUT2D eigenvalue weighted by molar-refractivity contribution is 7.00. The molecule has 3 aliphatic rings. The maximum Gasteiger partial charge on any atom is 0.297 e. The molecule has 0 saturated carbocycles. The van der Waals surface area contributed by atoms with Gasteiger partial charge in [0.25, 0.3) is 6.71 Å². The Hall–Kier alpha value is -5.10. The van der Waals surface area contributed by atoms with Crippen LogP contribution in [0.25, 0.3) is 11.0 Å². The van der Waals surface area contributed by atoms with Crippen LogP contribution in [0.1, 0.15) is 113 Å². The van der Waals surface area contributed by atoms with Crippen molar-refractivity contribution < 1.29 is 13.9 Å².